The van der Waals surface area contributed by atoms with Gasteiger partial charge >= 0.3 is 17.3 Å². The first-order valence-corrected chi connectivity index (χ1v) is 8.51. The number of nitrogens with zero attached hydrogens (tertiary/aromatic N) is 5. The van der Waals surface area contributed by atoms with Crippen molar-refractivity contribution in [1.82, 2.24) is 19.6 Å². The second kappa shape index (κ2) is 6.28. The van der Waals surface area contributed by atoms with Crippen LogP contribution in [0.5, 0.6) is 0 Å². The number of carbonyl (C=O) groups is 1. The van der Waals surface area contributed by atoms with Crippen LogP contribution in [0.3, 0.4) is 0 Å². The number of piperidine rings is 1. The van der Waals surface area contributed by atoms with Gasteiger partial charge in [-0.25, -0.2) is 9.78 Å². The highest BCUT2D eigenvalue weighted by Gasteiger charge is 2.35. The van der Waals surface area contributed by atoms with Gasteiger partial charge in [0, 0.05) is 32.4 Å². The number of carbonyl (C=O) groups excluding carboxylic acids is 1. The Hall–Kier alpha value is -3.17. The fourth-order valence-corrected chi connectivity index (χ4v) is 3.68. The zero-order chi connectivity index (χ0) is 18.3. The predicted octanol–water partition coefficient (Wildman–Crippen LogP) is 0.597. The second-order valence-electron chi connectivity index (χ2n) is 6.44. The van der Waals surface area contributed by atoms with Gasteiger partial charge in [-0.05, 0) is 25.0 Å². The van der Waals surface area contributed by atoms with E-state index >= 15 is 0 Å². The number of hydrogen-bond donors (Lipinski definition) is 1. The van der Waals surface area contributed by atoms with Crippen molar-refractivity contribution in [2.75, 3.05) is 31.1 Å². The van der Waals surface area contributed by atoms with Gasteiger partial charge in [-0.3, -0.25) is 19.3 Å². The Morgan fingerprint density at radius 2 is 2.12 bits per heavy atom. The zero-order valence-electron chi connectivity index (χ0n) is 14.0. The molecule has 1 N–H and O–H groups in total. The lowest BCUT2D eigenvalue weighted by molar-refractivity contribution is -0.385. The molecule has 2 aromatic heterocycles. The van der Waals surface area contributed by atoms with Crippen molar-refractivity contribution in [1.29, 1.82) is 0 Å². The Balaban J connectivity index is 1.75. The maximum absolute atomic E-state index is 12.6. The Labute approximate surface area is 148 Å². The van der Waals surface area contributed by atoms with Crippen molar-refractivity contribution in [2.45, 2.75) is 18.9 Å². The third kappa shape index (κ3) is 2.63. The summed E-state index contributed by atoms with van der Waals surface area (Å²) in [7, 11) is 0. The number of anilines is 1. The predicted molar refractivity (Wildman–Crippen MR) is 93.5 cm³/mol. The van der Waals surface area contributed by atoms with Gasteiger partial charge in [0.05, 0.1) is 11.0 Å². The lowest BCUT2D eigenvalue weighted by atomic mass is 10.0. The maximum Gasteiger partial charge on any atom is 0.376 e. The minimum absolute atomic E-state index is 0.0538. The van der Waals surface area contributed by atoms with Crippen LogP contribution >= 0.6 is 0 Å². The molecule has 2 amide bonds. The van der Waals surface area contributed by atoms with Crippen molar-refractivity contribution in [2.24, 2.45) is 0 Å². The summed E-state index contributed by atoms with van der Waals surface area (Å²) in [6.07, 6.45) is 3.06. The van der Waals surface area contributed by atoms with Gasteiger partial charge in [0.1, 0.15) is 5.65 Å². The molecule has 2 aliphatic rings. The monoisotopic (exact) mass is 358 g/mol. The van der Waals surface area contributed by atoms with E-state index in [2.05, 4.69) is 10.3 Å². The number of pyridine rings is 1. The molecule has 10 nitrogen and oxygen atoms in total. The van der Waals surface area contributed by atoms with Crippen LogP contribution in [-0.4, -0.2) is 57.5 Å². The first-order valence-electron chi connectivity index (χ1n) is 8.51. The molecule has 0 saturated carbocycles. The highest BCUT2D eigenvalue weighted by Crippen LogP contribution is 2.27. The third-order valence-electron chi connectivity index (χ3n) is 4.90. The van der Waals surface area contributed by atoms with E-state index in [4.69, 9.17) is 0 Å². The molecule has 0 radical (unpaired) electrons. The minimum atomic E-state index is -0.698. The molecule has 0 unspecified atom stereocenters. The molecule has 136 valence electrons. The van der Waals surface area contributed by atoms with Gasteiger partial charge in [-0.15, -0.1) is 0 Å². The smallest absolute Gasteiger partial charge is 0.349 e. The summed E-state index contributed by atoms with van der Waals surface area (Å²) in [5.41, 5.74) is -0.865. The molecular formula is C16H18N6O4. The average Bonchev–Trinajstić information content (AvgIpc) is 3.07. The molecule has 1 atom stereocenters. The molecular weight excluding hydrogens is 340 g/mol. The van der Waals surface area contributed by atoms with Crippen LogP contribution in [-0.2, 0) is 0 Å². The molecule has 0 bridgehead atoms. The Kier molecular flexibility index (Phi) is 3.94. The molecule has 4 heterocycles. The molecule has 2 fully saturated rings. The summed E-state index contributed by atoms with van der Waals surface area (Å²) in [5, 5.41) is 14.3. The lowest BCUT2D eigenvalue weighted by Gasteiger charge is -2.37. The average molecular weight is 358 g/mol. The quantitative estimate of drug-likeness (QED) is 0.635. The van der Waals surface area contributed by atoms with Crippen molar-refractivity contribution in [3.8, 4) is 0 Å². The normalized spacial score (nSPS) is 20.5. The van der Waals surface area contributed by atoms with Gasteiger partial charge in [-0.1, -0.05) is 6.07 Å². The molecule has 2 aliphatic heterocycles. The van der Waals surface area contributed by atoms with Crippen molar-refractivity contribution < 1.29 is 9.72 Å². The topological polar surface area (TPSA) is 113 Å². The Morgan fingerprint density at radius 3 is 2.85 bits per heavy atom. The SMILES string of the molecule is O=C1NCCN1[C@H]1CCCN(c2nc3ccccn3c(=O)c2[N+](=O)[O-])C1. The first kappa shape index (κ1) is 16.3. The van der Waals surface area contributed by atoms with E-state index in [0.29, 0.717) is 31.8 Å². The Bertz CT molecular complexity index is 942. The summed E-state index contributed by atoms with van der Waals surface area (Å²) < 4.78 is 1.18. The van der Waals surface area contributed by atoms with Crippen molar-refractivity contribution >= 4 is 23.2 Å². The minimum Gasteiger partial charge on any atom is -0.349 e. The molecule has 2 aromatic rings. The van der Waals surface area contributed by atoms with Crippen LogP contribution in [0.1, 0.15) is 12.8 Å². The summed E-state index contributed by atoms with van der Waals surface area (Å²) in [5.74, 6) is 0.0792. The number of rotatable bonds is 3. The van der Waals surface area contributed by atoms with E-state index in [-0.39, 0.29) is 17.9 Å². The van der Waals surface area contributed by atoms with Gasteiger partial charge in [0.2, 0.25) is 5.82 Å². The molecule has 2 saturated heterocycles. The van der Waals surface area contributed by atoms with Gasteiger partial charge < -0.3 is 15.1 Å². The molecule has 0 aliphatic carbocycles. The van der Waals surface area contributed by atoms with E-state index < -0.39 is 16.2 Å². The van der Waals surface area contributed by atoms with E-state index in [1.54, 1.807) is 28.0 Å². The third-order valence-corrected chi connectivity index (χ3v) is 4.90. The number of aromatic nitrogens is 2. The van der Waals surface area contributed by atoms with Crippen LogP contribution in [0.2, 0.25) is 0 Å². The van der Waals surface area contributed by atoms with Crippen LogP contribution in [0.4, 0.5) is 16.3 Å². The summed E-state index contributed by atoms with van der Waals surface area (Å²) in [6.45, 7) is 2.20. The van der Waals surface area contributed by atoms with E-state index in [0.717, 1.165) is 12.8 Å². The molecule has 26 heavy (non-hydrogen) atoms. The fraction of sp³-hybridized carbons (Fsp3) is 0.438. The molecule has 0 spiro atoms. The number of fused-ring (bicyclic) bond motifs is 1. The highest BCUT2D eigenvalue weighted by molar-refractivity contribution is 5.76. The first-order chi connectivity index (χ1) is 12.6. The summed E-state index contributed by atoms with van der Waals surface area (Å²) in [4.78, 5) is 43.3. The summed E-state index contributed by atoms with van der Waals surface area (Å²) in [6, 6.07) is 4.83. The fourth-order valence-electron chi connectivity index (χ4n) is 3.68. The standard InChI is InChI=1S/C16H18N6O4/c23-15-13(22(25)26)14(18-12-5-1-2-8-21(12)15)19-7-3-4-11(10-19)20-9-6-17-16(20)24/h1-2,5,8,11H,3-4,6-7,9-10H2,(H,17,24)/t11-/m0/s1. The zero-order valence-corrected chi connectivity index (χ0v) is 14.0. The van der Waals surface area contributed by atoms with Crippen LogP contribution in [0, 0.1) is 10.1 Å². The van der Waals surface area contributed by atoms with E-state index in [9.17, 15) is 19.7 Å². The van der Waals surface area contributed by atoms with Crippen LogP contribution in [0.25, 0.3) is 5.65 Å². The van der Waals surface area contributed by atoms with E-state index in [1.165, 1.54) is 10.6 Å². The summed E-state index contributed by atoms with van der Waals surface area (Å²) >= 11 is 0. The van der Waals surface area contributed by atoms with Crippen LogP contribution in [0.15, 0.2) is 29.2 Å². The lowest BCUT2D eigenvalue weighted by Crippen LogP contribution is -2.49. The molecule has 4 rings (SSSR count). The highest BCUT2D eigenvalue weighted by atomic mass is 16.6. The van der Waals surface area contributed by atoms with Crippen LogP contribution < -0.4 is 15.8 Å². The van der Waals surface area contributed by atoms with E-state index in [1.807, 2.05) is 0 Å². The largest absolute Gasteiger partial charge is 0.376 e. The Morgan fingerprint density at radius 1 is 1.27 bits per heavy atom. The van der Waals surface area contributed by atoms with Gasteiger partial charge in [0.25, 0.3) is 0 Å². The van der Waals surface area contributed by atoms with Crippen molar-refractivity contribution in [3.05, 3.63) is 44.9 Å². The van der Waals surface area contributed by atoms with Gasteiger partial charge in [0.15, 0.2) is 0 Å². The van der Waals surface area contributed by atoms with Crippen molar-refractivity contribution in [3.63, 3.8) is 0 Å². The number of nitro groups is 1. The second-order valence-corrected chi connectivity index (χ2v) is 6.44. The number of amides is 2. The molecule has 0 aromatic carbocycles. The number of nitrogens with one attached hydrogen (secondary N) is 1. The van der Waals surface area contributed by atoms with Gasteiger partial charge in [-0.2, -0.15) is 0 Å². The maximum atomic E-state index is 12.6. The number of hydrogen-bond acceptors (Lipinski definition) is 6. The molecule has 10 heteroatoms. The number of urea groups is 1.